The second-order valence-corrected chi connectivity index (χ2v) is 11.2. The van der Waals surface area contributed by atoms with Crippen molar-refractivity contribution in [1.82, 2.24) is 20.1 Å². The number of carbonyl (C=O) groups is 1. The standard InChI is InChI=1S/C26H41F2N5O2.2ClH/c1-6-7-26(27,28)23-10-22-21(12-30-23)25(4,5)17-33(22)24(34)15-32-13-18(2)29-11-20(32)14-31-8-9-35-16-19(31)3;;/h10,12,18-20,29H,6-9,11,13-17H2,1-5H3;2*1H/t18-,19-,20-;;/m1../s1. The highest BCUT2D eigenvalue weighted by molar-refractivity contribution is 5.97. The Morgan fingerprint density at radius 2 is 2.00 bits per heavy atom. The van der Waals surface area contributed by atoms with E-state index in [4.69, 9.17) is 4.74 Å². The molecule has 0 aliphatic carbocycles. The van der Waals surface area contributed by atoms with Crippen molar-refractivity contribution in [3.63, 3.8) is 0 Å². The van der Waals surface area contributed by atoms with Crippen LogP contribution in [0.4, 0.5) is 14.5 Å². The topological polar surface area (TPSA) is 60.9 Å². The zero-order valence-corrected chi connectivity index (χ0v) is 24.3. The fourth-order valence-electron chi connectivity index (χ4n) is 5.59. The van der Waals surface area contributed by atoms with Crippen molar-refractivity contribution in [2.75, 3.05) is 57.4 Å². The number of rotatable bonds is 7. The molecule has 7 nitrogen and oxygen atoms in total. The summed E-state index contributed by atoms with van der Waals surface area (Å²) in [6.45, 7) is 15.7. The number of nitrogens with zero attached hydrogens (tertiary/aromatic N) is 4. The molecule has 0 radical (unpaired) electrons. The molecule has 37 heavy (non-hydrogen) atoms. The van der Waals surface area contributed by atoms with Crippen LogP contribution in [0.15, 0.2) is 12.3 Å². The van der Waals surface area contributed by atoms with E-state index in [0.29, 0.717) is 24.7 Å². The van der Waals surface area contributed by atoms with Gasteiger partial charge in [0.2, 0.25) is 5.91 Å². The molecule has 212 valence electrons. The number of carbonyl (C=O) groups excluding carboxylic acids is 1. The first-order chi connectivity index (χ1) is 16.5. The second kappa shape index (κ2) is 12.8. The van der Waals surface area contributed by atoms with E-state index in [9.17, 15) is 13.6 Å². The molecule has 2 saturated heterocycles. The summed E-state index contributed by atoms with van der Waals surface area (Å²) < 4.78 is 34.9. The molecule has 0 spiro atoms. The molecule has 11 heteroatoms. The van der Waals surface area contributed by atoms with E-state index < -0.39 is 5.92 Å². The maximum atomic E-state index is 14.7. The molecular weight excluding hydrogens is 523 g/mol. The lowest BCUT2D eigenvalue weighted by molar-refractivity contribution is -0.121. The number of anilines is 1. The summed E-state index contributed by atoms with van der Waals surface area (Å²) in [6, 6.07) is 2.28. The number of pyridine rings is 1. The van der Waals surface area contributed by atoms with Crippen LogP contribution < -0.4 is 10.2 Å². The third kappa shape index (κ3) is 7.11. The van der Waals surface area contributed by atoms with Crippen molar-refractivity contribution < 1.29 is 18.3 Å². The molecule has 3 atom stereocenters. The molecule has 1 aromatic heterocycles. The van der Waals surface area contributed by atoms with E-state index in [0.717, 1.165) is 45.0 Å². The summed E-state index contributed by atoms with van der Waals surface area (Å²) >= 11 is 0. The Morgan fingerprint density at radius 1 is 1.27 bits per heavy atom. The first-order valence-corrected chi connectivity index (χ1v) is 13.0. The Morgan fingerprint density at radius 3 is 2.68 bits per heavy atom. The zero-order chi connectivity index (χ0) is 25.4. The molecule has 4 rings (SSSR count). The van der Waals surface area contributed by atoms with Crippen LogP contribution in [0.25, 0.3) is 0 Å². The molecule has 0 bridgehead atoms. The van der Waals surface area contributed by atoms with E-state index >= 15 is 0 Å². The van der Waals surface area contributed by atoms with Crippen LogP contribution in [-0.4, -0.2) is 91.3 Å². The second-order valence-electron chi connectivity index (χ2n) is 11.2. The van der Waals surface area contributed by atoms with Gasteiger partial charge in [0.25, 0.3) is 5.92 Å². The minimum Gasteiger partial charge on any atom is -0.379 e. The molecule has 3 aliphatic rings. The van der Waals surface area contributed by atoms with Crippen LogP contribution in [0.2, 0.25) is 0 Å². The predicted octanol–water partition coefficient (Wildman–Crippen LogP) is 3.82. The van der Waals surface area contributed by atoms with Gasteiger partial charge >= 0.3 is 0 Å². The molecule has 3 aliphatic heterocycles. The van der Waals surface area contributed by atoms with Crippen molar-refractivity contribution in [3.8, 4) is 0 Å². The maximum Gasteiger partial charge on any atom is 0.289 e. The van der Waals surface area contributed by atoms with Crippen LogP contribution in [0.5, 0.6) is 0 Å². The van der Waals surface area contributed by atoms with Gasteiger partial charge in [-0.3, -0.25) is 19.6 Å². The molecule has 0 saturated carbocycles. The van der Waals surface area contributed by atoms with E-state index in [-0.39, 0.29) is 66.9 Å². The average Bonchev–Trinajstić information content (AvgIpc) is 3.07. The van der Waals surface area contributed by atoms with Gasteiger partial charge < -0.3 is 15.0 Å². The summed E-state index contributed by atoms with van der Waals surface area (Å²) in [5.74, 6) is -3.04. The van der Waals surface area contributed by atoms with Crippen LogP contribution >= 0.6 is 24.8 Å². The summed E-state index contributed by atoms with van der Waals surface area (Å²) in [7, 11) is 0. The Balaban J connectivity index is 0.00000241. The molecule has 1 aromatic rings. The lowest BCUT2D eigenvalue weighted by Gasteiger charge is -2.43. The van der Waals surface area contributed by atoms with E-state index in [2.05, 4.69) is 33.9 Å². The van der Waals surface area contributed by atoms with E-state index in [1.54, 1.807) is 18.0 Å². The smallest absolute Gasteiger partial charge is 0.289 e. The quantitative estimate of drug-likeness (QED) is 0.542. The first-order valence-electron chi connectivity index (χ1n) is 13.0. The van der Waals surface area contributed by atoms with Crippen LogP contribution in [0.3, 0.4) is 0 Å². The number of halogens is 4. The molecule has 0 aromatic carbocycles. The highest BCUT2D eigenvalue weighted by Gasteiger charge is 2.42. The Kier molecular flexibility index (Phi) is 11.1. The maximum absolute atomic E-state index is 14.7. The van der Waals surface area contributed by atoms with Gasteiger partial charge in [-0.05, 0) is 19.9 Å². The number of alkyl halides is 2. The Bertz CT molecular complexity index is 923. The number of nitrogens with one attached hydrogen (secondary N) is 1. The highest BCUT2D eigenvalue weighted by atomic mass is 35.5. The van der Waals surface area contributed by atoms with Crippen molar-refractivity contribution >= 4 is 36.4 Å². The summed E-state index contributed by atoms with van der Waals surface area (Å²) in [5, 5.41) is 3.56. The van der Waals surface area contributed by atoms with Gasteiger partial charge in [-0.25, -0.2) is 0 Å². The largest absolute Gasteiger partial charge is 0.379 e. The normalized spacial score (nSPS) is 26.2. The van der Waals surface area contributed by atoms with Gasteiger partial charge in [-0.2, -0.15) is 8.78 Å². The zero-order valence-electron chi connectivity index (χ0n) is 22.6. The van der Waals surface area contributed by atoms with Crippen LogP contribution in [-0.2, 0) is 20.9 Å². The van der Waals surface area contributed by atoms with Gasteiger partial charge in [0.05, 0.1) is 25.4 Å². The fraction of sp³-hybridized carbons (Fsp3) is 0.769. The van der Waals surface area contributed by atoms with Gasteiger partial charge in [0, 0.05) is 74.4 Å². The van der Waals surface area contributed by atoms with Gasteiger partial charge in [0.1, 0.15) is 5.69 Å². The first kappa shape index (κ1) is 32.1. The average molecular weight is 567 g/mol. The van der Waals surface area contributed by atoms with Crippen LogP contribution in [0, 0.1) is 0 Å². The van der Waals surface area contributed by atoms with Crippen LogP contribution in [0.1, 0.15) is 58.7 Å². The number of fused-ring (bicyclic) bond motifs is 1. The third-order valence-corrected chi connectivity index (χ3v) is 7.71. The number of hydrogen-bond donors (Lipinski definition) is 1. The summed E-state index contributed by atoms with van der Waals surface area (Å²) in [5.41, 5.74) is 0.857. The summed E-state index contributed by atoms with van der Waals surface area (Å²) in [6.07, 6.45) is 1.66. The number of morpholine rings is 1. The Hall–Kier alpha value is -1.10. The highest BCUT2D eigenvalue weighted by Crippen LogP contribution is 2.43. The van der Waals surface area contributed by atoms with Gasteiger partial charge in [0.15, 0.2) is 0 Å². The minimum absolute atomic E-state index is 0. The molecule has 2 fully saturated rings. The van der Waals surface area contributed by atoms with Gasteiger partial charge in [-0.1, -0.05) is 27.2 Å². The molecule has 0 unspecified atom stereocenters. The Labute approximate surface area is 232 Å². The molecule has 1 N–H and O–H groups in total. The lowest BCUT2D eigenvalue weighted by Crippen LogP contribution is -2.62. The number of ether oxygens (including phenoxy) is 1. The number of piperazine rings is 1. The SMILES string of the molecule is CCCC(F)(F)c1cc2c(cn1)C(C)(C)CN2C(=O)CN1C[C@@H](C)NC[C@@H]1CN1CCOC[C@H]1C.Cl.Cl. The number of hydrogen-bond acceptors (Lipinski definition) is 6. The number of aromatic nitrogens is 1. The molecule has 4 heterocycles. The lowest BCUT2D eigenvalue weighted by atomic mass is 9.88. The van der Waals surface area contributed by atoms with Crippen molar-refractivity contribution in [3.05, 3.63) is 23.5 Å². The summed E-state index contributed by atoms with van der Waals surface area (Å²) in [4.78, 5) is 24.2. The van der Waals surface area contributed by atoms with Crippen molar-refractivity contribution in [2.24, 2.45) is 0 Å². The fourth-order valence-corrected chi connectivity index (χ4v) is 5.59. The monoisotopic (exact) mass is 565 g/mol. The third-order valence-electron chi connectivity index (χ3n) is 7.71. The van der Waals surface area contributed by atoms with E-state index in [1.165, 1.54) is 6.07 Å². The van der Waals surface area contributed by atoms with Crippen molar-refractivity contribution in [2.45, 2.75) is 76.9 Å². The van der Waals surface area contributed by atoms with Crippen molar-refractivity contribution in [1.29, 1.82) is 0 Å². The number of amides is 1. The van der Waals surface area contributed by atoms with E-state index in [1.807, 2.05) is 13.8 Å². The predicted molar refractivity (Wildman–Crippen MR) is 148 cm³/mol. The molecular formula is C26H43Cl2F2N5O2. The molecule has 1 amide bonds. The minimum atomic E-state index is -3.00. The van der Waals surface area contributed by atoms with Gasteiger partial charge in [-0.15, -0.1) is 24.8 Å².